The van der Waals surface area contributed by atoms with Gasteiger partial charge in [0.2, 0.25) is 0 Å². The Kier molecular flexibility index (Phi) is 5.44. The van der Waals surface area contributed by atoms with E-state index in [1.807, 2.05) is 37.9 Å². The van der Waals surface area contributed by atoms with Gasteiger partial charge in [-0.3, -0.25) is 0 Å². The zero-order valence-corrected chi connectivity index (χ0v) is 11.6. The number of benzene rings is 1. The van der Waals surface area contributed by atoms with Crippen LogP contribution in [0.25, 0.3) is 0 Å². The number of likely N-dealkylation sites (N-methyl/N-ethyl adjacent to an activating group) is 1. The molecule has 4 heteroatoms. The van der Waals surface area contributed by atoms with E-state index in [4.69, 9.17) is 9.84 Å². The van der Waals surface area contributed by atoms with Crippen molar-refractivity contribution in [2.75, 3.05) is 32.3 Å². The van der Waals surface area contributed by atoms with E-state index in [0.29, 0.717) is 6.42 Å². The molecule has 0 spiro atoms. The largest absolute Gasteiger partial charge is 0.496 e. The lowest BCUT2D eigenvalue weighted by Crippen LogP contribution is -2.36. The summed E-state index contributed by atoms with van der Waals surface area (Å²) in [5, 5.41) is 18.4. The zero-order chi connectivity index (χ0) is 13.7. The van der Waals surface area contributed by atoms with Crippen LogP contribution >= 0.6 is 0 Å². The van der Waals surface area contributed by atoms with Crippen LogP contribution < -0.4 is 9.64 Å². The molecule has 0 aliphatic heterocycles. The Bertz CT molecular complexity index is 393. The molecule has 102 valence electrons. The summed E-state index contributed by atoms with van der Waals surface area (Å²) in [5.74, 6) is 0.868. The van der Waals surface area contributed by atoms with Crippen molar-refractivity contribution in [1.29, 1.82) is 0 Å². The van der Waals surface area contributed by atoms with Crippen molar-refractivity contribution in [3.05, 3.63) is 23.3 Å². The fraction of sp³-hybridized carbons (Fsp3) is 0.571. The van der Waals surface area contributed by atoms with Crippen LogP contribution in [0.5, 0.6) is 5.75 Å². The first-order chi connectivity index (χ1) is 8.56. The van der Waals surface area contributed by atoms with Crippen molar-refractivity contribution in [2.45, 2.75) is 26.3 Å². The van der Waals surface area contributed by atoms with Crippen molar-refractivity contribution in [2.24, 2.45) is 0 Å². The van der Waals surface area contributed by atoms with Crippen LogP contribution in [0, 0.1) is 13.8 Å². The molecule has 0 aliphatic rings. The molecule has 0 saturated heterocycles. The van der Waals surface area contributed by atoms with Crippen LogP contribution in [0.2, 0.25) is 0 Å². The van der Waals surface area contributed by atoms with Gasteiger partial charge in [-0.15, -0.1) is 0 Å². The SMILES string of the molecule is COc1ccc(N(C)C(CO)CCO)c(C)c1C. The fourth-order valence-corrected chi connectivity index (χ4v) is 2.14. The molecule has 0 radical (unpaired) electrons. The highest BCUT2D eigenvalue weighted by Gasteiger charge is 2.17. The van der Waals surface area contributed by atoms with E-state index in [0.717, 1.165) is 22.6 Å². The highest BCUT2D eigenvalue weighted by molar-refractivity contribution is 5.60. The van der Waals surface area contributed by atoms with Gasteiger partial charge in [-0.2, -0.15) is 0 Å². The molecule has 1 rings (SSSR count). The van der Waals surface area contributed by atoms with Crippen LogP contribution in [0.3, 0.4) is 0 Å². The van der Waals surface area contributed by atoms with Crippen molar-refractivity contribution in [1.82, 2.24) is 0 Å². The van der Waals surface area contributed by atoms with Gasteiger partial charge < -0.3 is 19.8 Å². The van der Waals surface area contributed by atoms with E-state index < -0.39 is 0 Å². The lowest BCUT2D eigenvalue weighted by molar-refractivity contribution is 0.218. The topological polar surface area (TPSA) is 52.9 Å². The quantitative estimate of drug-likeness (QED) is 0.806. The molecule has 0 fully saturated rings. The minimum atomic E-state index is -0.0681. The van der Waals surface area contributed by atoms with E-state index in [1.54, 1.807) is 7.11 Å². The molecule has 1 aromatic carbocycles. The van der Waals surface area contributed by atoms with Crippen molar-refractivity contribution < 1.29 is 14.9 Å². The number of hydrogen-bond donors (Lipinski definition) is 2. The number of rotatable bonds is 6. The van der Waals surface area contributed by atoms with Gasteiger partial charge >= 0.3 is 0 Å². The lowest BCUT2D eigenvalue weighted by Gasteiger charge is -2.30. The monoisotopic (exact) mass is 253 g/mol. The van der Waals surface area contributed by atoms with E-state index in [-0.39, 0.29) is 19.3 Å². The number of methoxy groups -OCH3 is 1. The Labute approximate surface area is 109 Å². The summed E-state index contributed by atoms with van der Waals surface area (Å²) >= 11 is 0. The maximum Gasteiger partial charge on any atom is 0.122 e. The Morgan fingerprint density at radius 2 is 1.89 bits per heavy atom. The number of aliphatic hydroxyl groups excluding tert-OH is 2. The second-order valence-electron chi connectivity index (χ2n) is 4.50. The van der Waals surface area contributed by atoms with Crippen molar-refractivity contribution in [3.63, 3.8) is 0 Å². The summed E-state index contributed by atoms with van der Waals surface area (Å²) in [7, 11) is 3.60. The van der Waals surface area contributed by atoms with Crippen molar-refractivity contribution in [3.8, 4) is 5.75 Å². The molecule has 0 aromatic heterocycles. The first-order valence-electron chi connectivity index (χ1n) is 6.15. The lowest BCUT2D eigenvalue weighted by atomic mass is 10.0. The van der Waals surface area contributed by atoms with Gasteiger partial charge in [-0.05, 0) is 43.5 Å². The highest BCUT2D eigenvalue weighted by atomic mass is 16.5. The van der Waals surface area contributed by atoms with Gasteiger partial charge in [0.15, 0.2) is 0 Å². The van der Waals surface area contributed by atoms with Gasteiger partial charge in [-0.1, -0.05) is 0 Å². The average Bonchev–Trinajstić information content (AvgIpc) is 2.38. The second-order valence-corrected chi connectivity index (χ2v) is 4.50. The summed E-state index contributed by atoms with van der Waals surface area (Å²) in [6.45, 7) is 4.16. The smallest absolute Gasteiger partial charge is 0.122 e. The highest BCUT2D eigenvalue weighted by Crippen LogP contribution is 2.30. The molecule has 1 aromatic rings. The molecule has 1 atom stereocenters. The summed E-state index contributed by atoms with van der Waals surface area (Å²) in [6.07, 6.45) is 0.553. The average molecular weight is 253 g/mol. The first kappa shape index (κ1) is 14.8. The van der Waals surface area contributed by atoms with Crippen LogP contribution in [0.15, 0.2) is 12.1 Å². The van der Waals surface area contributed by atoms with Crippen LogP contribution in [0.4, 0.5) is 5.69 Å². The second kappa shape index (κ2) is 6.61. The Balaban J connectivity index is 3.05. The number of hydrogen-bond acceptors (Lipinski definition) is 4. The Morgan fingerprint density at radius 1 is 1.22 bits per heavy atom. The summed E-state index contributed by atoms with van der Waals surface area (Å²) < 4.78 is 5.29. The molecule has 0 bridgehead atoms. The predicted octanol–water partition coefficient (Wildman–Crippen LogP) is 1.49. The van der Waals surface area contributed by atoms with Gasteiger partial charge in [0.05, 0.1) is 19.8 Å². The van der Waals surface area contributed by atoms with E-state index in [2.05, 4.69) is 0 Å². The predicted molar refractivity (Wildman–Crippen MR) is 73.4 cm³/mol. The van der Waals surface area contributed by atoms with Gasteiger partial charge in [-0.25, -0.2) is 0 Å². The molecule has 2 N–H and O–H groups in total. The molecule has 1 unspecified atom stereocenters. The van der Waals surface area contributed by atoms with Gasteiger partial charge in [0.1, 0.15) is 5.75 Å². The first-order valence-corrected chi connectivity index (χ1v) is 6.15. The summed E-state index contributed by atoms with van der Waals surface area (Å²) in [6, 6.07) is 3.85. The third-order valence-corrected chi connectivity index (χ3v) is 3.53. The standard InChI is InChI=1S/C14H23NO3/c1-10-11(2)14(18-4)6-5-13(10)15(3)12(9-17)7-8-16/h5-6,12,16-17H,7-9H2,1-4H3. The van der Waals surface area contributed by atoms with Crippen LogP contribution in [-0.4, -0.2) is 43.6 Å². The number of ether oxygens (including phenoxy) is 1. The number of anilines is 1. The molecule has 0 saturated carbocycles. The van der Waals surface area contributed by atoms with Gasteiger partial charge in [0, 0.05) is 19.3 Å². The van der Waals surface area contributed by atoms with E-state index >= 15 is 0 Å². The molecule has 18 heavy (non-hydrogen) atoms. The third-order valence-electron chi connectivity index (χ3n) is 3.53. The van der Waals surface area contributed by atoms with Crippen LogP contribution in [-0.2, 0) is 0 Å². The number of aliphatic hydroxyl groups is 2. The van der Waals surface area contributed by atoms with E-state index in [1.165, 1.54) is 0 Å². The molecular formula is C14H23NO3. The fourth-order valence-electron chi connectivity index (χ4n) is 2.14. The summed E-state index contributed by atoms with van der Waals surface area (Å²) in [5.41, 5.74) is 3.29. The Morgan fingerprint density at radius 3 is 2.39 bits per heavy atom. The molecular weight excluding hydrogens is 230 g/mol. The third kappa shape index (κ3) is 2.94. The maximum atomic E-state index is 9.37. The van der Waals surface area contributed by atoms with Gasteiger partial charge in [0.25, 0.3) is 0 Å². The van der Waals surface area contributed by atoms with Crippen LogP contribution in [0.1, 0.15) is 17.5 Å². The minimum Gasteiger partial charge on any atom is -0.496 e. The normalized spacial score (nSPS) is 12.3. The maximum absolute atomic E-state index is 9.37. The molecule has 4 nitrogen and oxygen atoms in total. The van der Waals surface area contributed by atoms with Crippen molar-refractivity contribution >= 4 is 5.69 Å². The molecule has 0 aliphatic carbocycles. The molecule has 0 heterocycles. The minimum absolute atomic E-state index is 0.0293. The number of nitrogens with zero attached hydrogens (tertiary/aromatic N) is 1. The molecule has 0 amide bonds. The Hall–Kier alpha value is -1.26. The summed E-state index contributed by atoms with van der Waals surface area (Å²) in [4.78, 5) is 2.01. The zero-order valence-electron chi connectivity index (χ0n) is 11.6. The van der Waals surface area contributed by atoms with E-state index in [9.17, 15) is 5.11 Å².